The first-order chi connectivity index (χ1) is 6.89. The zero-order valence-electron chi connectivity index (χ0n) is 9.79. The van der Waals surface area contributed by atoms with Gasteiger partial charge in [0.25, 0.3) is 0 Å². The van der Waals surface area contributed by atoms with E-state index in [0.29, 0.717) is 0 Å². The van der Waals surface area contributed by atoms with Crippen molar-refractivity contribution in [3.8, 4) is 12.3 Å². The Bertz CT molecular complexity index is 240. The first kappa shape index (κ1) is 14.2. The SMILES string of the molecule is C#CC(CCSC)NC(=O)OC(C)(C)C. The van der Waals surface area contributed by atoms with Crippen molar-refractivity contribution in [2.75, 3.05) is 12.0 Å². The van der Waals surface area contributed by atoms with Gasteiger partial charge in [-0.3, -0.25) is 0 Å². The molecule has 0 spiro atoms. The predicted octanol–water partition coefficient (Wildman–Crippen LogP) is 2.27. The molecule has 0 aliphatic rings. The molecule has 86 valence electrons. The minimum absolute atomic E-state index is 0.243. The fraction of sp³-hybridized carbons (Fsp3) is 0.727. The molecular weight excluding hydrogens is 210 g/mol. The van der Waals surface area contributed by atoms with Crippen molar-refractivity contribution < 1.29 is 9.53 Å². The maximum atomic E-state index is 11.4. The van der Waals surface area contributed by atoms with Crippen LogP contribution < -0.4 is 5.32 Å². The zero-order chi connectivity index (χ0) is 11.9. The summed E-state index contributed by atoms with van der Waals surface area (Å²) < 4.78 is 5.10. The highest BCUT2D eigenvalue weighted by Gasteiger charge is 2.18. The molecule has 0 heterocycles. The molecule has 15 heavy (non-hydrogen) atoms. The van der Waals surface area contributed by atoms with E-state index in [4.69, 9.17) is 11.2 Å². The summed E-state index contributed by atoms with van der Waals surface area (Å²) in [5.74, 6) is 3.45. The van der Waals surface area contributed by atoms with Crippen molar-refractivity contribution in [2.45, 2.75) is 38.8 Å². The van der Waals surface area contributed by atoms with E-state index in [1.807, 2.05) is 27.0 Å². The van der Waals surface area contributed by atoms with Crippen LogP contribution in [-0.2, 0) is 4.74 Å². The molecule has 0 aromatic heterocycles. The Kier molecular flexibility index (Phi) is 6.26. The second kappa shape index (κ2) is 6.62. The van der Waals surface area contributed by atoms with Crippen LogP contribution in [-0.4, -0.2) is 29.7 Å². The molecule has 1 amide bonds. The first-order valence-electron chi connectivity index (χ1n) is 4.83. The summed E-state index contributed by atoms with van der Waals surface area (Å²) in [5.41, 5.74) is -0.483. The fourth-order valence-electron chi connectivity index (χ4n) is 0.883. The number of amides is 1. The van der Waals surface area contributed by atoms with Gasteiger partial charge >= 0.3 is 6.09 Å². The summed E-state index contributed by atoms with van der Waals surface area (Å²) in [4.78, 5) is 11.4. The largest absolute Gasteiger partial charge is 0.444 e. The molecule has 3 nitrogen and oxygen atoms in total. The monoisotopic (exact) mass is 229 g/mol. The van der Waals surface area contributed by atoms with Crippen LogP contribution in [0.5, 0.6) is 0 Å². The molecule has 1 atom stereocenters. The number of nitrogens with one attached hydrogen (secondary N) is 1. The fourth-order valence-corrected chi connectivity index (χ4v) is 1.35. The van der Waals surface area contributed by atoms with Crippen LogP contribution in [0.3, 0.4) is 0 Å². The quantitative estimate of drug-likeness (QED) is 0.752. The Morgan fingerprint density at radius 2 is 2.20 bits per heavy atom. The van der Waals surface area contributed by atoms with Crippen LogP contribution in [0, 0.1) is 12.3 Å². The molecule has 0 saturated heterocycles. The summed E-state index contributed by atoms with van der Waals surface area (Å²) in [7, 11) is 0. The molecule has 0 aromatic rings. The van der Waals surface area contributed by atoms with Crippen LogP contribution in [0.2, 0.25) is 0 Å². The third-order valence-electron chi connectivity index (χ3n) is 1.50. The maximum Gasteiger partial charge on any atom is 0.408 e. The molecule has 4 heteroatoms. The Labute approximate surface area is 96.3 Å². The molecule has 0 aliphatic heterocycles. The van der Waals surface area contributed by atoms with Crippen LogP contribution in [0.1, 0.15) is 27.2 Å². The van der Waals surface area contributed by atoms with E-state index in [1.165, 1.54) is 0 Å². The van der Waals surface area contributed by atoms with Gasteiger partial charge in [0.1, 0.15) is 5.60 Å². The van der Waals surface area contributed by atoms with E-state index in [0.717, 1.165) is 12.2 Å². The molecule has 0 aliphatic carbocycles. The number of carbonyl (C=O) groups is 1. The molecule has 0 saturated carbocycles. The number of terminal acetylenes is 1. The Balaban J connectivity index is 3.98. The van der Waals surface area contributed by atoms with Gasteiger partial charge in [-0.25, -0.2) is 4.79 Å². The highest BCUT2D eigenvalue weighted by molar-refractivity contribution is 7.98. The molecule has 0 bridgehead atoms. The number of rotatable bonds is 4. The number of thioether (sulfide) groups is 1. The van der Waals surface area contributed by atoms with Gasteiger partial charge in [-0.2, -0.15) is 11.8 Å². The Morgan fingerprint density at radius 1 is 1.60 bits per heavy atom. The highest BCUT2D eigenvalue weighted by Crippen LogP contribution is 2.07. The minimum atomic E-state index is -0.483. The minimum Gasteiger partial charge on any atom is -0.444 e. The summed E-state index contributed by atoms with van der Waals surface area (Å²) >= 11 is 1.70. The second-order valence-corrected chi connectivity index (χ2v) is 5.13. The number of hydrogen-bond donors (Lipinski definition) is 1. The predicted molar refractivity (Wildman–Crippen MR) is 65.0 cm³/mol. The lowest BCUT2D eigenvalue weighted by molar-refractivity contribution is 0.0516. The number of alkyl carbamates (subject to hydrolysis) is 1. The number of carbonyl (C=O) groups excluding carboxylic acids is 1. The van der Waals surface area contributed by atoms with E-state index < -0.39 is 11.7 Å². The molecule has 1 N–H and O–H groups in total. The topological polar surface area (TPSA) is 38.3 Å². The first-order valence-corrected chi connectivity index (χ1v) is 6.23. The van der Waals surface area contributed by atoms with Crippen molar-refractivity contribution in [1.82, 2.24) is 5.32 Å². The molecule has 0 rings (SSSR count). The van der Waals surface area contributed by atoms with E-state index >= 15 is 0 Å². The third kappa shape index (κ3) is 8.19. The average molecular weight is 229 g/mol. The standard InChI is InChI=1S/C11H19NO2S/c1-6-9(7-8-15-5)12-10(13)14-11(2,3)4/h1,9H,7-8H2,2-5H3,(H,12,13). The van der Waals surface area contributed by atoms with Gasteiger partial charge in [0, 0.05) is 0 Å². The van der Waals surface area contributed by atoms with Crippen molar-refractivity contribution in [3.63, 3.8) is 0 Å². The summed E-state index contributed by atoms with van der Waals surface area (Å²) in [5, 5.41) is 2.65. The summed E-state index contributed by atoms with van der Waals surface area (Å²) in [6.07, 6.45) is 7.61. The number of hydrogen-bond acceptors (Lipinski definition) is 3. The van der Waals surface area contributed by atoms with Gasteiger partial charge in [0.05, 0.1) is 6.04 Å². The normalized spacial score (nSPS) is 12.7. The van der Waals surface area contributed by atoms with Gasteiger partial charge in [-0.05, 0) is 39.2 Å². The summed E-state index contributed by atoms with van der Waals surface area (Å²) in [6.45, 7) is 5.46. The maximum absolute atomic E-state index is 11.4. The lowest BCUT2D eigenvalue weighted by atomic mass is 10.2. The Hall–Kier alpha value is -0.820. The van der Waals surface area contributed by atoms with Crippen LogP contribution in [0.4, 0.5) is 4.79 Å². The Morgan fingerprint density at radius 3 is 2.60 bits per heavy atom. The van der Waals surface area contributed by atoms with Crippen molar-refractivity contribution in [3.05, 3.63) is 0 Å². The van der Waals surface area contributed by atoms with Crippen LogP contribution >= 0.6 is 11.8 Å². The van der Waals surface area contributed by atoms with Gasteiger partial charge in [-0.1, -0.05) is 5.92 Å². The van der Waals surface area contributed by atoms with E-state index in [9.17, 15) is 4.79 Å². The van der Waals surface area contributed by atoms with Gasteiger partial charge < -0.3 is 10.1 Å². The van der Waals surface area contributed by atoms with Crippen molar-refractivity contribution in [2.24, 2.45) is 0 Å². The van der Waals surface area contributed by atoms with Gasteiger partial charge in [0.2, 0.25) is 0 Å². The molecular formula is C11H19NO2S. The lowest BCUT2D eigenvalue weighted by Gasteiger charge is -2.21. The molecule has 1 unspecified atom stereocenters. The smallest absolute Gasteiger partial charge is 0.408 e. The number of ether oxygens (including phenoxy) is 1. The lowest BCUT2D eigenvalue weighted by Crippen LogP contribution is -2.38. The van der Waals surface area contributed by atoms with Crippen molar-refractivity contribution >= 4 is 17.9 Å². The third-order valence-corrected chi connectivity index (χ3v) is 2.15. The molecule has 0 radical (unpaired) electrons. The second-order valence-electron chi connectivity index (χ2n) is 4.15. The molecule has 0 aromatic carbocycles. The summed E-state index contributed by atoms with van der Waals surface area (Å²) in [6, 6.07) is -0.243. The average Bonchev–Trinajstić information content (AvgIpc) is 2.09. The molecule has 0 fully saturated rings. The van der Waals surface area contributed by atoms with E-state index in [-0.39, 0.29) is 6.04 Å². The van der Waals surface area contributed by atoms with Crippen LogP contribution in [0.25, 0.3) is 0 Å². The van der Waals surface area contributed by atoms with E-state index in [1.54, 1.807) is 11.8 Å². The zero-order valence-corrected chi connectivity index (χ0v) is 10.6. The van der Waals surface area contributed by atoms with Gasteiger partial charge in [-0.15, -0.1) is 6.42 Å². The van der Waals surface area contributed by atoms with Crippen LogP contribution in [0.15, 0.2) is 0 Å². The van der Waals surface area contributed by atoms with E-state index in [2.05, 4.69) is 11.2 Å². The van der Waals surface area contributed by atoms with Crippen molar-refractivity contribution in [1.29, 1.82) is 0 Å². The van der Waals surface area contributed by atoms with Gasteiger partial charge in [0.15, 0.2) is 0 Å². The highest BCUT2D eigenvalue weighted by atomic mass is 32.2.